The van der Waals surface area contributed by atoms with E-state index in [-0.39, 0.29) is 0 Å². The van der Waals surface area contributed by atoms with Crippen LogP contribution in [0.1, 0.15) is 25.1 Å². The van der Waals surface area contributed by atoms with Crippen LogP contribution in [0.2, 0.25) is 0 Å². The van der Waals surface area contributed by atoms with Gasteiger partial charge in [-0.25, -0.2) is 0 Å². The van der Waals surface area contributed by atoms with Crippen molar-refractivity contribution in [1.29, 1.82) is 0 Å². The normalized spacial score (nSPS) is 11.6. The van der Waals surface area contributed by atoms with Gasteiger partial charge >= 0.3 is 0 Å². The summed E-state index contributed by atoms with van der Waals surface area (Å²) in [7, 11) is 0. The Labute approximate surface area is 84.5 Å². The second-order valence-electron chi connectivity index (χ2n) is 3.32. The smallest absolute Gasteiger partial charge is 0.0267 e. The number of thiophene rings is 1. The molecule has 1 N–H and O–H groups in total. The first kappa shape index (κ1) is 10.5. The van der Waals surface area contributed by atoms with Crippen LogP contribution in [0.4, 0.5) is 0 Å². The zero-order chi connectivity index (χ0) is 9.52. The van der Waals surface area contributed by atoms with Crippen LogP contribution in [0.25, 0.3) is 6.08 Å². The highest BCUT2D eigenvalue weighted by Crippen LogP contribution is 2.10. The summed E-state index contributed by atoms with van der Waals surface area (Å²) in [6.07, 6.45) is 5.52. The molecule has 0 unspecified atom stereocenters. The Bertz CT molecular complexity index is 237. The lowest BCUT2D eigenvalue weighted by Crippen LogP contribution is -2.23. The summed E-state index contributed by atoms with van der Waals surface area (Å²) < 4.78 is 0. The van der Waals surface area contributed by atoms with Gasteiger partial charge in [0.05, 0.1) is 0 Å². The molecular weight excluding hydrogens is 178 g/mol. The van der Waals surface area contributed by atoms with Crippen LogP contribution in [0.5, 0.6) is 0 Å². The van der Waals surface area contributed by atoms with Gasteiger partial charge in [0.25, 0.3) is 0 Å². The molecule has 1 nitrogen and oxygen atoms in total. The number of hydrogen-bond acceptors (Lipinski definition) is 2. The first-order valence-electron chi connectivity index (χ1n) is 4.72. The highest BCUT2D eigenvalue weighted by Gasteiger charge is 1.89. The summed E-state index contributed by atoms with van der Waals surface area (Å²) in [5, 5.41) is 5.48. The lowest BCUT2D eigenvalue weighted by atomic mass is 10.3. The van der Waals surface area contributed by atoms with Crippen molar-refractivity contribution in [3.05, 3.63) is 28.5 Å². The Morgan fingerprint density at radius 1 is 1.54 bits per heavy atom. The van der Waals surface area contributed by atoms with Crippen molar-refractivity contribution < 1.29 is 0 Å². The molecule has 1 aromatic heterocycles. The van der Waals surface area contributed by atoms with Crippen LogP contribution < -0.4 is 5.32 Å². The van der Waals surface area contributed by atoms with Crippen molar-refractivity contribution in [3.8, 4) is 0 Å². The molecule has 13 heavy (non-hydrogen) atoms. The minimum atomic E-state index is 0.593. The molecule has 0 amide bonds. The summed E-state index contributed by atoms with van der Waals surface area (Å²) in [5.74, 6) is 0. The maximum atomic E-state index is 3.38. The Morgan fingerprint density at radius 2 is 2.38 bits per heavy atom. The van der Waals surface area contributed by atoms with Gasteiger partial charge in [0.1, 0.15) is 0 Å². The van der Waals surface area contributed by atoms with E-state index in [1.165, 1.54) is 4.88 Å². The maximum absolute atomic E-state index is 3.38. The molecule has 1 rings (SSSR count). The highest BCUT2D eigenvalue weighted by atomic mass is 32.1. The Morgan fingerprint density at radius 3 is 3.00 bits per heavy atom. The van der Waals surface area contributed by atoms with E-state index in [4.69, 9.17) is 0 Å². The van der Waals surface area contributed by atoms with E-state index in [1.807, 2.05) is 0 Å². The van der Waals surface area contributed by atoms with Gasteiger partial charge in [0, 0.05) is 10.9 Å². The van der Waals surface area contributed by atoms with Gasteiger partial charge in [-0.1, -0.05) is 26.0 Å². The second kappa shape index (κ2) is 5.95. The minimum Gasteiger partial charge on any atom is -0.314 e. The van der Waals surface area contributed by atoms with Gasteiger partial charge in [-0.15, -0.1) is 11.3 Å². The number of nitrogens with one attached hydrogen (secondary N) is 1. The molecule has 0 bridgehead atoms. The molecule has 1 aromatic rings. The Kier molecular flexibility index (Phi) is 4.79. The highest BCUT2D eigenvalue weighted by molar-refractivity contribution is 7.10. The fourth-order valence-corrected chi connectivity index (χ4v) is 1.69. The quantitative estimate of drug-likeness (QED) is 0.712. The standard InChI is InChI=1S/C11H17NS/c1-10(2)12-8-4-3-6-11-7-5-9-13-11/h3,5-7,9-10,12H,4,8H2,1-2H3. The van der Waals surface area contributed by atoms with E-state index >= 15 is 0 Å². The van der Waals surface area contributed by atoms with Crippen LogP contribution in [0.15, 0.2) is 23.6 Å². The first-order chi connectivity index (χ1) is 6.29. The molecule has 2 heteroatoms. The van der Waals surface area contributed by atoms with E-state index in [0.717, 1.165) is 13.0 Å². The van der Waals surface area contributed by atoms with Crippen molar-refractivity contribution in [3.63, 3.8) is 0 Å². The average molecular weight is 195 g/mol. The monoisotopic (exact) mass is 195 g/mol. The van der Waals surface area contributed by atoms with E-state index < -0.39 is 0 Å². The van der Waals surface area contributed by atoms with E-state index in [2.05, 4.69) is 48.8 Å². The van der Waals surface area contributed by atoms with Gasteiger partial charge in [-0.05, 0) is 30.5 Å². The zero-order valence-corrected chi connectivity index (χ0v) is 9.10. The molecule has 0 aliphatic rings. The molecule has 0 radical (unpaired) electrons. The maximum Gasteiger partial charge on any atom is 0.0267 e. The van der Waals surface area contributed by atoms with Gasteiger partial charge in [0.15, 0.2) is 0 Å². The van der Waals surface area contributed by atoms with Gasteiger partial charge in [0.2, 0.25) is 0 Å². The van der Waals surface area contributed by atoms with Gasteiger partial charge in [-0.3, -0.25) is 0 Å². The van der Waals surface area contributed by atoms with E-state index in [0.29, 0.717) is 6.04 Å². The largest absolute Gasteiger partial charge is 0.314 e. The van der Waals surface area contributed by atoms with Gasteiger partial charge in [-0.2, -0.15) is 0 Å². The van der Waals surface area contributed by atoms with Crippen molar-refractivity contribution in [2.24, 2.45) is 0 Å². The molecule has 0 saturated heterocycles. The summed E-state index contributed by atoms with van der Waals surface area (Å²) in [6, 6.07) is 4.81. The summed E-state index contributed by atoms with van der Waals surface area (Å²) in [5.41, 5.74) is 0. The molecular formula is C11H17NS. The third-order valence-electron chi connectivity index (χ3n) is 1.69. The lowest BCUT2D eigenvalue weighted by molar-refractivity contribution is 0.595. The molecule has 72 valence electrons. The molecule has 0 spiro atoms. The minimum absolute atomic E-state index is 0.593. The first-order valence-corrected chi connectivity index (χ1v) is 5.60. The second-order valence-corrected chi connectivity index (χ2v) is 4.29. The van der Waals surface area contributed by atoms with Crippen molar-refractivity contribution in [1.82, 2.24) is 5.32 Å². The number of rotatable bonds is 5. The van der Waals surface area contributed by atoms with E-state index in [9.17, 15) is 0 Å². The molecule has 0 fully saturated rings. The average Bonchev–Trinajstić information content (AvgIpc) is 2.55. The van der Waals surface area contributed by atoms with Crippen molar-refractivity contribution >= 4 is 17.4 Å². The molecule has 1 heterocycles. The molecule has 0 aromatic carbocycles. The molecule has 0 saturated carbocycles. The molecule has 0 atom stereocenters. The summed E-state index contributed by atoms with van der Waals surface area (Å²) in [4.78, 5) is 1.34. The van der Waals surface area contributed by atoms with Gasteiger partial charge < -0.3 is 5.32 Å². The summed E-state index contributed by atoms with van der Waals surface area (Å²) in [6.45, 7) is 5.41. The lowest BCUT2D eigenvalue weighted by Gasteiger charge is -2.04. The van der Waals surface area contributed by atoms with Crippen LogP contribution in [0.3, 0.4) is 0 Å². The molecule has 0 aliphatic heterocycles. The third kappa shape index (κ3) is 4.86. The Hall–Kier alpha value is -0.600. The number of hydrogen-bond donors (Lipinski definition) is 1. The topological polar surface area (TPSA) is 12.0 Å². The zero-order valence-electron chi connectivity index (χ0n) is 8.29. The summed E-state index contributed by atoms with van der Waals surface area (Å²) >= 11 is 1.78. The molecule has 0 aliphatic carbocycles. The predicted octanol–water partition coefficient (Wildman–Crippen LogP) is 3.15. The van der Waals surface area contributed by atoms with Crippen LogP contribution in [-0.4, -0.2) is 12.6 Å². The third-order valence-corrected chi connectivity index (χ3v) is 2.53. The Balaban J connectivity index is 2.12. The fourth-order valence-electron chi connectivity index (χ4n) is 1.04. The van der Waals surface area contributed by atoms with Crippen LogP contribution >= 0.6 is 11.3 Å². The van der Waals surface area contributed by atoms with E-state index in [1.54, 1.807) is 11.3 Å². The van der Waals surface area contributed by atoms with Crippen molar-refractivity contribution in [2.45, 2.75) is 26.3 Å². The SMILES string of the molecule is CC(C)NCCC=Cc1cccs1. The van der Waals surface area contributed by atoms with Crippen molar-refractivity contribution in [2.75, 3.05) is 6.54 Å². The fraction of sp³-hybridized carbons (Fsp3) is 0.455. The van der Waals surface area contributed by atoms with Crippen LogP contribution in [0, 0.1) is 0 Å². The predicted molar refractivity (Wildman–Crippen MR) is 61.1 cm³/mol. The van der Waals surface area contributed by atoms with Crippen LogP contribution in [-0.2, 0) is 0 Å².